The lowest BCUT2D eigenvalue weighted by atomic mass is 10.0. The fourth-order valence-corrected chi connectivity index (χ4v) is 3.14. The molecular formula is C19H18BrNO3. The van der Waals surface area contributed by atoms with E-state index in [1.165, 1.54) is 0 Å². The van der Waals surface area contributed by atoms with Gasteiger partial charge in [0, 0.05) is 22.7 Å². The van der Waals surface area contributed by atoms with E-state index in [1.807, 2.05) is 49.4 Å². The number of halogens is 1. The molecule has 2 aromatic rings. The summed E-state index contributed by atoms with van der Waals surface area (Å²) in [6.45, 7) is 2.50. The summed E-state index contributed by atoms with van der Waals surface area (Å²) in [4.78, 5) is 14.3. The number of fused-ring (bicyclic) bond motifs is 1. The zero-order chi connectivity index (χ0) is 17.3. The first-order valence-electron chi connectivity index (χ1n) is 7.65. The second-order valence-corrected chi connectivity index (χ2v) is 6.34. The topological polar surface area (TPSA) is 38.8 Å². The van der Waals surface area contributed by atoms with Crippen LogP contribution in [0, 0.1) is 0 Å². The molecule has 0 bridgehead atoms. The number of nitrogens with zero attached hydrogens (tertiary/aromatic N) is 1. The number of hydrogen-bond acceptors (Lipinski definition) is 3. The first kappa shape index (κ1) is 16.6. The summed E-state index contributed by atoms with van der Waals surface area (Å²) in [7, 11) is 3.39. The molecule has 0 N–H and O–H groups in total. The van der Waals surface area contributed by atoms with Gasteiger partial charge in [0.1, 0.15) is 0 Å². The van der Waals surface area contributed by atoms with Gasteiger partial charge in [0.25, 0.3) is 5.91 Å². The Morgan fingerprint density at radius 2 is 1.96 bits per heavy atom. The second-order valence-electron chi connectivity index (χ2n) is 5.43. The molecule has 1 aliphatic rings. The fraction of sp³-hybridized carbons (Fsp3) is 0.211. The minimum absolute atomic E-state index is 0.0176. The van der Waals surface area contributed by atoms with Gasteiger partial charge in [-0.05, 0) is 48.9 Å². The van der Waals surface area contributed by atoms with Gasteiger partial charge in [-0.2, -0.15) is 0 Å². The van der Waals surface area contributed by atoms with Crippen molar-refractivity contribution in [3.63, 3.8) is 0 Å². The van der Waals surface area contributed by atoms with Gasteiger partial charge in [-0.15, -0.1) is 0 Å². The highest BCUT2D eigenvalue weighted by Crippen LogP contribution is 2.39. The third-order valence-electron chi connectivity index (χ3n) is 3.94. The van der Waals surface area contributed by atoms with E-state index in [0.717, 1.165) is 21.3 Å². The van der Waals surface area contributed by atoms with E-state index in [-0.39, 0.29) is 5.91 Å². The van der Waals surface area contributed by atoms with E-state index in [2.05, 4.69) is 15.9 Å². The van der Waals surface area contributed by atoms with E-state index in [1.54, 1.807) is 19.1 Å². The molecule has 0 unspecified atom stereocenters. The van der Waals surface area contributed by atoms with Crippen LogP contribution in [-0.4, -0.2) is 26.7 Å². The highest BCUT2D eigenvalue weighted by Gasteiger charge is 2.29. The van der Waals surface area contributed by atoms with Crippen LogP contribution >= 0.6 is 15.9 Å². The Morgan fingerprint density at radius 1 is 1.17 bits per heavy atom. The molecule has 0 aromatic heterocycles. The molecule has 0 saturated heterocycles. The summed E-state index contributed by atoms with van der Waals surface area (Å²) in [6.07, 6.45) is 1.88. The van der Waals surface area contributed by atoms with Gasteiger partial charge in [-0.3, -0.25) is 4.79 Å². The molecule has 1 amide bonds. The molecule has 0 atom stereocenters. The molecule has 2 aromatic carbocycles. The Bertz CT molecular complexity index is 829. The van der Waals surface area contributed by atoms with E-state index < -0.39 is 0 Å². The van der Waals surface area contributed by atoms with Crippen LogP contribution in [0.4, 0.5) is 5.69 Å². The van der Waals surface area contributed by atoms with Crippen molar-refractivity contribution in [3.8, 4) is 11.5 Å². The van der Waals surface area contributed by atoms with Crippen molar-refractivity contribution >= 4 is 39.2 Å². The summed E-state index contributed by atoms with van der Waals surface area (Å²) in [5.74, 6) is 1.33. The lowest BCUT2D eigenvalue weighted by Gasteiger charge is -2.10. The standard InChI is InChI=1S/C19H18BrNO3/c1-4-24-17-8-5-12(10-18(17)23-3)9-15-14-11-13(20)6-7-16(14)21(2)19(15)22/h5-11H,4H2,1-3H3/b15-9-. The highest BCUT2D eigenvalue weighted by molar-refractivity contribution is 9.10. The molecule has 0 spiro atoms. The van der Waals surface area contributed by atoms with Gasteiger partial charge in [0.15, 0.2) is 11.5 Å². The molecule has 1 heterocycles. The molecular weight excluding hydrogens is 370 g/mol. The minimum Gasteiger partial charge on any atom is -0.493 e. The molecule has 5 heteroatoms. The van der Waals surface area contributed by atoms with E-state index >= 15 is 0 Å². The van der Waals surface area contributed by atoms with Gasteiger partial charge in [0.05, 0.1) is 19.4 Å². The summed E-state index contributed by atoms with van der Waals surface area (Å²) >= 11 is 3.47. The zero-order valence-corrected chi connectivity index (χ0v) is 15.4. The predicted molar refractivity (Wildman–Crippen MR) is 99.6 cm³/mol. The summed E-state index contributed by atoms with van der Waals surface area (Å²) in [5.41, 5.74) is 3.39. The van der Waals surface area contributed by atoms with Crippen molar-refractivity contribution in [2.24, 2.45) is 0 Å². The van der Waals surface area contributed by atoms with Crippen LogP contribution in [-0.2, 0) is 4.79 Å². The molecule has 3 rings (SSSR count). The first-order chi connectivity index (χ1) is 11.5. The summed E-state index contributed by atoms with van der Waals surface area (Å²) < 4.78 is 11.9. The molecule has 0 fully saturated rings. The average Bonchev–Trinajstić information content (AvgIpc) is 2.81. The van der Waals surface area contributed by atoms with Gasteiger partial charge in [-0.25, -0.2) is 0 Å². The lowest BCUT2D eigenvalue weighted by Crippen LogP contribution is -2.20. The Kier molecular flexibility index (Phi) is 4.62. The molecule has 0 radical (unpaired) electrons. The summed E-state index contributed by atoms with van der Waals surface area (Å²) in [6, 6.07) is 11.5. The number of methoxy groups -OCH3 is 1. The number of anilines is 1. The number of likely N-dealkylation sites (N-methyl/N-ethyl adjacent to an activating group) is 1. The third-order valence-corrected chi connectivity index (χ3v) is 4.44. The number of hydrogen-bond donors (Lipinski definition) is 0. The van der Waals surface area contributed by atoms with Crippen molar-refractivity contribution < 1.29 is 14.3 Å². The van der Waals surface area contributed by atoms with Gasteiger partial charge >= 0.3 is 0 Å². The van der Waals surface area contributed by atoms with Crippen LogP contribution in [0.2, 0.25) is 0 Å². The van der Waals surface area contributed by atoms with Crippen LogP contribution in [0.5, 0.6) is 11.5 Å². The monoisotopic (exact) mass is 387 g/mol. The van der Waals surface area contributed by atoms with Gasteiger partial charge in [0.2, 0.25) is 0 Å². The van der Waals surface area contributed by atoms with Crippen LogP contribution in [0.3, 0.4) is 0 Å². The zero-order valence-electron chi connectivity index (χ0n) is 13.8. The van der Waals surface area contributed by atoms with Gasteiger partial charge in [-0.1, -0.05) is 22.0 Å². The molecule has 4 nitrogen and oxygen atoms in total. The van der Waals surface area contributed by atoms with Crippen molar-refractivity contribution in [3.05, 3.63) is 52.0 Å². The predicted octanol–water partition coefficient (Wildman–Crippen LogP) is 4.37. The molecule has 24 heavy (non-hydrogen) atoms. The smallest absolute Gasteiger partial charge is 0.258 e. The average molecular weight is 388 g/mol. The maximum atomic E-state index is 12.6. The molecule has 0 aliphatic carbocycles. The van der Waals surface area contributed by atoms with E-state index in [4.69, 9.17) is 9.47 Å². The quantitative estimate of drug-likeness (QED) is 0.730. The number of benzene rings is 2. The number of amides is 1. The van der Waals surface area contributed by atoms with Crippen LogP contribution < -0.4 is 14.4 Å². The van der Waals surface area contributed by atoms with Crippen molar-refractivity contribution in [1.29, 1.82) is 0 Å². The van der Waals surface area contributed by atoms with Crippen molar-refractivity contribution in [2.75, 3.05) is 25.7 Å². The van der Waals surface area contributed by atoms with Crippen LogP contribution in [0.15, 0.2) is 40.9 Å². The Hall–Kier alpha value is -2.27. The molecule has 1 aliphatic heterocycles. The maximum Gasteiger partial charge on any atom is 0.258 e. The normalized spacial score (nSPS) is 14.9. The molecule has 0 saturated carbocycles. The number of rotatable bonds is 4. The number of carbonyl (C=O) groups is 1. The number of carbonyl (C=O) groups excluding carboxylic acids is 1. The second kappa shape index (κ2) is 6.69. The lowest BCUT2D eigenvalue weighted by molar-refractivity contribution is -0.112. The molecule has 124 valence electrons. The largest absolute Gasteiger partial charge is 0.493 e. The van der Waals surface area contributed by atoms with E-state index in [0.29, 0.717) is 23.7 Å². The Labute approximate surface area is 149 Å². The SMILES string of the molecule is CCOc1ccc(/C=C2\C(=O)N(C)c3ccc(Br)cc32)cc1OC. The van der Waals surface area contributed by atoms with Crippen LogP contribution in [0.25, 0.3) is 11.6 Å². The van der Waals surface area contributed by atoms with E-state index in [9.17, 15) is 4.79 Å². The van der Waals surface area contributed by atoms with Crippen molar-refractivity contribution in [1.82, 2.24) is 0 Å². The maximum absolute atomic E-state index is 12.6. The third kappa shape index (κ3) is 2.91. The Balaban J connectivity index is 2.06. The Morgan fingerprint density at radius 3 is 2.67 bits per heavy atom. The first-order valence-corrected chi connectivity index (χ1v) is 8.45. The number of ether oxygens (including phenoxy) is 2. The van der Waals surface area contributed by atoms with Gasteiger partial charge < -0.3 is 14.4 Å². The summed E-state index contributed by atoms with van der Waals surface area (Å²) in [5, 5.41) is 0. The highest BCUT2D eigenvalue weighted by atomic mass is 79.9. The minimum atomic E-state index is -0.0176. The van der Waals surface area contributed by atoms with Crippen molar-refractivity contribution in [2.45, 2.75) is 6.92 Å². The van der Waals surface area contributed by atoms with Crippen LogP contribution in [0.1, 0.15) is 18.1 Å². The fourth-order valence-electron chi connectivity index (χ4n) is 2.78.